The van der Waals surface area contributed by atoms with Crippen LogP contribution in [-0.4, -0.2) is 72.2 Å². The largest absolute Gasteiger partial charge is 0.480 e. The molecule has 0 saturated carbocycles. The molecule has 0 aliphatic heterocycles. The zero-order valence-corrected chi connectivity index (χ0v) is 19.5. The number of carboxylic acid groups (broad SMARTS) is 1. The Morgan fingerprint density at radius 2 is 1.42 bits per heavy atom. The van der Waals surface area contributed by atoms with Gasteiger partial charge in [0.1, 0.15) is 6.04 Å². The van der Waals surface area contributed by atoms with E-state index in [1.807, 2.05) is 0 Å². The molecular formula is C14H31N2O12P3. The van der Waals surface area contributed by atoms with Crippen molar-refractivity contribution in [3.63, 3.8) is 0 Å². The summed E-state index contributed by atoms with van der Waals surface area (Å²) in [6.45, 7) is -0.310. The fraction of sp³-hybridized carbons (Fsp3) is 0.857. The SMILES string of the molecule is NC(COP(=O)(O)CCCCCCCNC(=O)CCC(P(=O)(O)O)P(=O)(O)O)C(=O)O. The van der Waals surface area contributed by atoms with Crippen LogP contribution in [0.25, 0.3) is 0 Å². The second kappa shape index (κ2) is 13.8. The summed E-state index contributed by atoms with van der Waals surface area (Å²) in [6, 6.07) is -1.38. The number of nitrogens with two attached hydrogens (primary N) is 1. The molecule has 0 aromatic carbocycles. The van der Waals surface area contributed by atoms with Crippen molar-refractivity contribution in [2.75, 3.05) is 19.3 Å². The lowest BCUT2D eigenvalue weighted by Gasteiger charge is -2.19. The van der Waals surface area contributed by atoms with Crippen LogP contribution in [0.2, 0.25) is 0 Å². The van der Waals surface area contributed by atoms with Crippen molar-refractivity contribution in [3.05, 3.63) is 0 Å². The van der Waals surface area contributed by atoms with Gasteiger partial charge in [0.15, 0.2) is 5.40 Å². The molecule has 0 radical (unpaired) electrons. The van der Waals surface area contributed by atoms with Gasteiger partial charge in [-0.25, -0.2) is 0 Å². The Morgan fingerprint density at radius 1 is 0.903 bits per heavy atom. The van der Waals surface area contributed by atoms with Gasteiger partial charge in [-0.15, -0.1) is 0 Å². The number of rotatable bonds is 17. The van der Waals surface area contributed by atoms with Crippen LogP contribution in [0.1, 0.15) is 44.9 Å². The first-order valence-electron chi connectivity index (χ1n) is 9.38. The van der Waals surface area contributed by atoms with Crippen LogP contribution in [0.15, 0.2) is 0 Å². The first-order valence-corrected chi connectivity index (χ1v) is 14.5. The van der Waals surface area contributed by atoms with E-state index in [4.69, 9.17) is 30.4 Å². The minimum absolute atomic E-state index is 0.142. The Labute approximate surface area is 179 Å². The molecule has 2 unspecified atom stereocenters. The molecule has 0 aromatic heterocycles. The maximum absolute atomic E-state index is 11.7. The zero-order valence-electron chi connectivity index (χ0n) is 16.8. The molecule has 9 N–H and O–H groups in total. The highest BCUT2D eigenvalue weighted by Gasteiger charge is 2.43. The molecule has 0 aliphatic rings. The van der Waals surface area contributed by atoms with Crippen molar-refractivity contribution in [1.29, 1.82) is 0 Å². The highest BCUT2D eigenvalue weighted by molar-refractivity contribution is 7.70. The molecule has 2 atom stereocenters. The van der Waals surface area contributed by atoms with Crippen LogP contribution in [0.3, 0.4) is 0 Å². The van der Waals surface area contributed by atoms with E-state index in [2.05, 4.69) is 9.84 Å². The van der Waals surface area contributed by atoms with Crippen molar-refractivity contribution in [2.24, 2.45) is 5.73 Å². The van der Waals surface area contributed by atoms with Crippen LogP contribution < -0.4 is 11.1 Å². The van der Waals surface area contributed by atoms with Gasteiger partial charge < -0.3 is 45.1 Å². The summed E-state index contributed by atoms with van der Waals surface area (Å²) in [5.74, 6) is -1.93. The van der Waals surface area contributed by atoms with E-state index in [1.165, 1.54) is 0 Å². The van der Waals surface area contributed by atoms with Crippen molar-refractivity contribution in [2.45, 2.75) is 56.4 Å². The summed E-state index contributed by atoms with van der Waals surface area (Å²) in [5, 5.41) is 8.86. The Balaban J connectivity index is 3.93. The summed E-state index contributed by atoms with van der Waals surface area (Å²) < 4.78 is 38.7. The molecule has 31 heavy (non-hydrogen) atoms. The lowest BCUT2D eigenvalue weighted by molar-refractivity contribution is -0.139. The first kappa shape index (κ1) is 30.4. The summed E-state index contributed by atoms with van der Waals surface area (Å²) in [5.41, 5.74) is 5.18. The van der Waals surface area contributed by atoms with Crippen LogP contribution in [0, 0.1) is 0 Å². The normalized spacial score (nSPS) is 15.5. The van der Waals surface area contributed by atoms with E-state index in [0.29, 0.717) is 32.1 Å². The molecule has 0 heterocycles. The van der Waals surface area contributed by atoms with Gasteiger partial charge >= 0.3 is 28.8 Å². The third-order valence-corrected chi connectivity index (χ3v) is 9.43. The van der Waals surface area contributed by atoms with Gasteiger partial charge in [-0.05, 0) is 19.3 Å². The van der Waals surface area contributed by atoms with Gasteiger partial charge in [-0.1, -0.05) is 19.3 Å². The van der Waals surface area contributed by atoms with Crippen LogP contribution in [0.5, 0.6) is 0 Å². The summed E-state index contributed by atoms with van der Waals surface area (Å²) in [7, 11) is -14.0. The smallest absolute Gasteiger partial charge is 0.340 e. The topological polar surface area (TPSA) is 254 Å². The molecule has 0 fully saturated rings. The standard InChI is InChI=1S/C14H31N2O12P3/c15-11(14(18)19)10-28-29(20,21)9-5-3-1-2-4-8-16-12(17)6-7-13(30(22,23)24)31(25,26)27/h11,13H,1-10,15H2,(H,16,17)(H,18,19)(H,20,21)(H2,22,23,24)(H2,25,26,27). The highest BCUT2D eigenvalue weighted by Crippen LogP contribution is 2.61. The molecule has 0 spiro atoms. The van der Waals surface area contributed by atoms with Crippen molar-refractivity contribution in [3.8, 4) is 0 Å². The average Bonchev–Trinajstić information content (AvgIpc) is 2.59. The third-order valence-electron chi connectivity index (χ3n) is 4.12. The minimum atomic E-state index is -5.05. The molecule has 184 valence electrons. The van der Waals surface area contributed by atoms with Crippen molar-refractivity contribution in [1.82, 2.24) is 5.32 Å². The molecule has 0 bridgehead atoms. The maximum atomic E-state index is 11.7. The first-order chi connectivity index (χ1) is 14.1. The molecule has 0 aliphatic carbocycles. The molecular weight excluding hydrogens is 481 g/mol. The highest BCUT2D eigenvalue weighted by atomic mass is 31.2. The Kier molecular flexibility index (Phi) is 13.5. The van der Waals surface area contributed by atoms with Crippen LogP contribution >= 0.6 is 22.8 Å². The number of carbonyl (C=O) groups excluding carboxylic acids is 1. The van der Waals surface area contributed by atoms with Crippen LogP contribution in [0.4, 0.5) is 0 Å². The lowest BCUT2D eigenvalue weighted by atomic mass is 10.1. The number of aliphatic carboxylic acids is 1. The van der Waals surface area contributed by atoms with E-state index < -0.39 is 65.6 Å². The molecule has 0 rings (SSSR count). The number of hydrogen-bond donors (Lipinski definition) is 8. The number of unbranched alkanes of at least 4 members (excludes halogenated alkanes) is 4. The average molecular weight is 512 g/mol. The predicted octanol–water partition coefficient (Wildman–Crippen LogP) is 0.129. The fourth-order valence-electron chi connectivity index (χ4n) is 2.41. The molecule has 14 nitrogen and oxygen atoms in total. The Bertz CT molecular complexity index is 699. The quantitative estimate of drug-likeness (QED) is 0.0953. The Morgan fingerprint density at radius 3 is 1.94 bits per heavy atom. The van der Waals surface area contributed by atoms with Gasteiger partial charge in [-0.3, -0.25) is 23.3 Å². The molecule has 17 heteroatoms. The van der Waals surface area contributed by atoms with Gasteiger partial charge in [0.05, 0.1) is 6.61 Å². The van der Waals surface area contributed by atoms with Crippen LogP contribution in [-0.2, 0) is 27.8 Å². The molecule has 0 aromatic rings. The second-order valence-electron chi connectivity index (χ2n) is 6.92. The molecule has 0 saturated heterocycles. The number of carboxylic acids is 1. The summed E-state index contributed by atoms with van der Waals surface area (Å²) in [4.78, 5) is 67.7. The monoisotopic (exact) mass is 512 g/mol. The number of carbonyl (C=O) groups is 2. The number of nitrogens with one attached hydrogen (secondary N) is 1. The third kappa shape index (κ3) is 14.9. The van der Waals surface area contributed by atoms with E-state index in [9.17, 15) is 28.2 Å². The number of amides is 1. The summed E-state index contributed by atoms with van der Waals surface area (Å²) in [6.07, 6.45) is 1.65. The number of hydrogen-bond acceptors (Lipinski definition) is 7. The van der Waals surface area contributed by atoms with Crippen molar-refractivity contribution >= 4 is 34.7 Å². The lowest BCUT2D eigenvalue weighted by Crippen LogP contribution is -2.34. The second-order valence-corrected chi connectivity index (χ2v) is 12.9. The van der Waals surface area contributed by atoms with E-state index in [0.717, 1.165) is 0 Å². The van der Waals surface area contributed by atoms with E-state index in [-0.39, 0.29) is 12.7 Å². The summed E-state index contributed by atoms with van der Waals surface area (Å²) >= 11 is 0. The Hall–Kier alpha value is -0.650. The maximum Gasteiger partial charge on any atom is 0.340 e. The van der Waals surface area contributed by atoms with E-state index >= 15 is 0 Å². The van der Waals surface area contributed by atoms with Gasteiger partial charge in [0.25, 0.3) is 0 Å². The predicted molar refractivity (Wildman–Crippen MR) is 109 cm³/mol. The van der Waals surface area contributed by atoms with Crippen molar-refractivity contribution < 1.29 is 57.4 Å². The fourth-order valence-corrected chi connectivity index (χ4v) is 6.05. The minimum Gasteiger partial charge on any atom is -0.480 e. The van der Waals surface area contributed by atoms with Gasteiger partial charge in [0.2, 0.25) is 5.91 Å². The van der Waals surface area contributed by atoms with E-state index in [1.54, 1.807) is 0 Å². The molecule has 1 amide bonds. The zero-order chi connectivity index (χ0) is 24.3. The van der Waals surface area contributed by atoms with Gasteiger partial charge in [-0.2, -0.15) is 0 Å². The van der Waals surface area contributed by atoms with Gasteiger partial charge in [0, 0.05) is 19.1 Å².